The summed E-state index contributed by atoms with van der Waals surface area (Å²) >= 11 is 0.615. The Hall–Kier alpha value is 0.410. The SMILES string of the molecule is C[Te]1(I)CC(=O)c2ccccc21. The summed E-state index contributed by atoms with van der Waals surface area (Å²) in [5, 5.41) is 0. The average Bonchev–Trinajstić information content (AvgIpc) is 2.25. The van der Waals surface area contributed by atoms with Crippen molar-refractivity contribution in [3.8, 4) is 0 Å². The van der Waals surface area contributed by atoms with E-state index in [0.29, 0.717) is 5.78 Å². The van der Waals surface area contributed by atoms with Gasteiger partial charge in [0.2, 0.25) is 0 Å². The molecular weight excluding hydrogens is 379 g/mol. The second kappa shape index (κ2) is 2.97. The maximum atomic E-state index is 11.5. The zero-order valence-electron chi connectivity index (χ0n) is 6.71. The number of rotatable bonds is 0. The number of hydrogen-bond acceptors (Lipinski definition) is 1. The molecular formula is C9H9IOTe. The van der Waals surface area contributed by atoms with Gasteiger partial charge in [0, 0.05) is 0 Å². The van der Waals surface area contributed by atoms with Crippen LogP contribution in [0.25, 0.3) is 0 Å². The van der Waals surface area contributed by atoms with Gasteiger partial charge in [0.15, 0.2) is 0 Å². The number of Topliss-reactive ketones (excluding diaryl/α,β-unsaturated/α-hetero) is 1. The fourth-order valence-corrected chi connectivity index (χ4v) is 11.1. The van der Waals surface area contributed by atoms with Crippen LogP contribution >= 0.6 is 18.7 Å². The number of carbonyl (C=O) groups excluding carboxylic acids is 1. The topological polar surface area (TPSA) is 17.1 Å². The van der Waals surface area contributed by atoms with Gasteiger partial charge in [-0.1, -0.05) is 0 Å². The van der Waals surface area contributed by atoms with E-state index in [0.717, 1.165) is 10.0 Å². The summed E-state index contributed by atoms with van der Waals surface area (Å²) in [6.07, 6.45) is 0. The second-order valence-electron chi connectivity index (χ2n) is 3.04. The first kappa shape index (κ1) is 8.98. The third-order valence-electron chi connectivity index (χ3n) is 2.05. The molecule has 2 rings (SSSR count). The minimum atomic E-state index is -1.93. The summed E-state index contributed by atoms with van der Waals surface area (Å²) in [6, 6.07) is 8.10. The molecule has 0 radical (unpaired) electrons. The van der Waals surface area contributed by atoms with Crippen molar-refractivity contribution in [1.82, 2.24) is 0 Å². The van der Waals surface area contributed by atoms with Crippen molar-refractivity contribution in [2.75, 3.05) is 0 Å². The first-order valence-electron chi connectivity index (χ1n) is 3.69. The molecule has 1 nitrogen and oxygen atoms in total. The van der Waals surface area contributed by atoms with Gasteiger partial charge in [0.25, 0.3) is 0 Å². The molecule has 0 amide bonds. The van der Waals surface area contributed by atoms with Crippen molar-refractivity contribution >= 4 is 42.3 Å². The monoisotopic (exact) mass is 390 g/mol. The van der Waals surface area contributed by atoms with E-state index in [9.17, 15) is 4.79 Å². The van der Waals surface area contributed by atoms with Crippen LogP contribution in [0.4, 0.5) is 0 Å². The molecule has 1 aromatic carbocycles. The summed E-state index contributed by atoms with van der Waals surface area (Å²) < 4.78 is 2.22. The molecule has 0 bridgehead atoms. The summed E-state index contributed by atoms with van der Waals surface area (Å²) in [5.41, 5.74) is 0.996. The van der Waals surface area contributed by atoms with E-state index in [-0.39, 0.29) is 0 Å². The molecule has 12 heavy (non-hydrogen) atoms. The van der Waals surface area contributed by atoms with E-state index in [1.807, 2.05) is 18.2 Å². The van der Waals surface area contributed by atoms with Crippen molar-refractivity contribution < 1.29 is 4.79 Å². The number of halogens is 1. The molecule has 64 valence electrons. The molecule has 0 fully saturated rings. The molecule has 0 saturated carbocycles. The van der Waals surface area contributed by atoms with E-state index >= 15 is 0 Å². The predicted octanol–water partition coefficient (Wildman–Crippen LogP) is 2.10. The van der Waals surface area contributed by atoms with Gasteiger partial charge >= 0.3 is 86.4 Å². The van der Waals surface area contributed by atoms with Crippen molar-refractivity contribution in [3.05, 3.63) is 29.8 Å². The van der Waals surface area contributed by atoms with Gasteiger partial charge in [-0.3, -0.25) is 0 Å². The van der Waals surface area contributed by atoms with Crippen molar-refractivity contribution in [3.63, 3.8) is 0 Å². The van der Waals surface area contributed by atoms with Crippen LogP contribution in [0.1, 0.15) is 10.4 Å². The summed E-state index contributed by atoms with van der Waals surface area (Å²) in [6.45, 7) is 0. The number of fused-ring (bicyclic) bond motifs is 1. The van der Waals surface area contributed by atoms with Crippen LogP contribution in [0, 0.1) is 0 Å². The van der Waals surface area contributed by atoms with Gasteiger partial charge in [0.1, 0.15) is 0 Å². The second-order valence-corrected chi connectivity index (χ2v) is 23.7. The third-order valence-corrected chi connectivity index (χ3v) is 13.2. The predicted molar refractivity (Wildman–Crippen MR) is 60.9 cm³/mol. The Bertz CT molecular complexity index is 346. The van der Waals surface area contributed by atoms with Gasteiger partial charge < -0.3 is 0 Å². The van der Waals surface area contributed by atoms with E-state index < -0.39 is 14.2 Å². The Morgan fingerprint density at radius 3 is 2.75 bits per heavy atom. The molecule has 0 spiro atoms. The van der Waals surface area contributed by atoms with Gasteiger partial charge in [-0.15, -0.1) is 0 Å². The quantitative estimate of drug-likeness (QED) is 0.492. The van der Waals surface area contributed by atoms with Gasteiger partial charge in [0.05, 0.1) is 0 Å². The molecule has 1 unspecified atom stereocenters. The van der Waals surface area contributed by atoms with Crippen LogP contribution in [-0.4, -0.2) is 20.0 Å². The van der Waals surface area contributed by atoms with Crippen molar-refractivity contribution in [1.29, 1.82) is 0 Å². The fourth-order valence-electron chi connectivity index (χ4n) is 1.47. The van der Waals surface area contributed by atoms with Gasteiger partial charge in [-0.05, 0) is 0 Å². The van der Waals surface area contributed by atoms with Crippen molar-refractivity contribution in [2.45, 2.75) is 9.44 Å². The Balaban J connectivity index is 2.66. The number of carbonyl (C=O) groups is 1. The normalized spacial score (nSPS) is 32.7. The van der Waals surface area contributed by atoms with Crippen LogP contribution in [0.3, 0.4) is 0 Å². The standard InChI is InChI=1S/C9H9IOTe/c1-12(10)6-8(11)7-4-2-3-5-9(7)12/h2-5H,6H2,1H3. The number of benzene rings is 1. The Morgan fingerprint density at radius 1 is 1.42 bits per heavy atom. The minimum absolute atomic E-state index is 0.365. The zero-order chi connectivity index (χ0) is 8.77. The van der Waals surface area contributed by atoms with Crippen LogP contribution in [0.5, 0.6) is 0 Å². The van der Waals surface area contributed by atoms with Gasteiger partial charge in [-0.25, -0.2) is 0 Å². The molecule has 0 aromatic heterocycles. The number of ketones is 1. The van der Waals surface area contributed by atoms with E-state index in [4.69, 9.17) is 0 Å². The van der Waals surface area contributed by atoms with E-state index in [1.54, 1.807) is 0 Å². The maximum absolute atomic E-state index is 11.5. The molecule has 1 atom stereocenters. The van der Waals surface area contributed by atoms with Crippen LogP contribution in [0.15, 0.2) is 24.3 Å². The molecule has 1 aliphatic rings. The summed E-state index contributed by atoms with van der Waals surface area (Å²) in [4.78, 5) is 13.8. The Labute approximate surface area is 85.6 Å². The third kappa shape index (κ3) is 1.32. The average molecular weight is 388 g/mol. The molecule has 0 N–H and O–H groups in total. The molecule has 3 heteroatoms. The van der Waals surface area contributed by atoms with Crippen molar-refractivity contribution in [2.24, 2.45) is 0 Å². The Kier molecular flexibility index (Phi) is 2.22. The van der Waals surface area contributed by atoms with Gasteiger partial charge in [-0.2, -0.15) is 0 Å². The van der Waals surface area contributed by atoms with Crippen LogP contribution in [0.2, 0.25) is 9.44 Å². The number of hydrogen-bond donors (Lipinski definition) is 0. The van der Waals surface area contributed by atoms with E-state index in [1.165, 1.54) is 3.61 Å². The van der Waals surface area contributed by atoms with Crippen LogP contribution < -0.4 is 3.61 Å². The Morgan fingerprint density at radius 2 is 2.08 bits per heavy atom. The molecule has 1 aromatic rings. The molecule has 1 heterocycles. The fraction of sp³-hybridized carbons (Fsp3) is 0.222. The summed E-state index contributed by atoms with van der Waals surface area (Å²) in [7, 11) is 0. The first-order valence-corrected chi connectivity index (χ1v) is 15.6. The summed E-state index contributed by atoms with van der Waals surface area (Å²) in [5.74, 6) is 0.365. The van der Waals surface area contributed by atoms with E-state index in [2.05, 4.69) is 29.7 Å². The first-order chi connectivity index (χ1) is 5.61. The zero-order valence-corrected chi connectivity index (χ0v) is 11.2. The molecule has 0 saturated heterocycles. The molecule has 1 aliphatic heterocycles. The molecule has 0 aliphatic carbocycles. The van der Waals surface area contributed by atoms with Crippen LogP contribution in [-0.2, 0) is 0 Å².